The lowest BCUT2D eigenvalue weighted by Gasteiger charge is -2.31. The van der Waals surface area contributed by atoms with E-state index >= 15 is 0 Å². The van der Waals surface area contributed by atoms with Crippen molar-refractivity contribution in [1.29, 1.82) is 0 Å². The van der Waals surface area contributed by atoms with Gasteiger partial charge < -0.3 is 16.0 Å². The average molecular weight is 347 g/mol. The fourth-order valence-corrected chi connectivity index (χ4v) is 2.82. The van der Waals surface area contributed by atoms with E-state index < -0.39 is 23.5 Å². The summed E-state index contributed by atoms with van der Waals surface area (Å²) in [6.07, 6.45) is -2.92. The summed E-state index contributed by atoms with van der Waals surface area (Å²) in [5.41, 5.74) is 4.02. The Balaban J connectivity index is 1.90. The number of hydrogen-bond donors (Lipinski definition) is 2. The third kappa shape index (κ3) is 5.17. The monoisotopic (exact) mass is 347 g/mol. The van der Waals surface area contributed by atoms with Crippen LogP contribution < -0.4 is 11.1 Å². The van der Waals surface area contributed by atoms with Gasteiger partial charge in [-0.3, -0.25) is 4.79 Å². The number of rotatable bonds is 5. The summed E-state index contributed by atoms with van der Waals surface area (Å²) in [5, 5.41) is 2.61. The van der Waals surface area contributed by atoms with E-state index in [9.17, 15) is 22.4 Å². The van der Waals surface area contributed by atoms with E-state index in [-0.39, 0.29) is 11.5 Å². The van der Waals surface area contributed by atoms with Crippen molar-refractivity contribution in [2.75, 3.05) is 32.7 Å². The standard InChI is InChI=1S/C16H21F4N3O/c17-14-8-12(7-13(9-14)16(18,19)20)15(24)22-10-11-1-4-23(5-2-11)6-3-21/h7-9,11H,1-6,10,21H2,(H,22,24). The molecule has 1 heterocycles. The predicted octanol–water partition coefficient (Wildman–Crippen LogP) is 2.25. The first-order valence-corrected chi connectivity index (χ1v) is 7.88. The number of hydrogen-bond acceptors (Lipinski definition) is 3. The molecule has 0 saturated carbocycles. The van der Waals surface area contributed by atoms with Crippen molar-refractivity contribution >= 4 is 5.91 Å². The molecule has 2 rings (SSSR count). The zero-order valence-corrected chi connectivity index (χ0v) is 13.2. The second-order valence-electron chi connectivity index (χ2n) is 6.01. The smallest absolute Gasteiger partial charge is 0.352 e. The van der Waals surface area contributed by atoms with Crippen LogP contribution in [0.25, 0.3) is 0 Å². The third-order valence-electron chi connectivity index (χ3n) is 4.19. The van der Waals surface area contributed by atoms with Crippen LogP contribution in [0.1, 0.15) is 28.8 Å². The highest BCUT2D eigenvalue weighted by Crippen LogP contribution is 2.30. The summed E-state index contributed by atoms with van der Waals surface area (Å²) in [4.78, 5) is 14.3. The minimum Gasteiger partial charge on any atom is -0.352 e. The first-order valence-electron chi connectivity index (χ1n) is 7.88. The van der Waals surface area contributed by atoms with Crippen molar-refractivity contribution in [2.45, 2.75) is 19.0 Å². The van der Waals surface area contributed by atoms with Crippen LogP contribution in [-0.2, 0) is 6.18 Å². The van der Waals surface area contributed by atoms with Crippen LogP contribution in [0, 0.1) is 11.7 Å². The van der Waals surface area contributed by atoms with Crippen LogP contribution >= 0.6 is 0 Å². The van der Waals surface area contributed by atoms with Crippen molar-refractivity contribution in [3.63, 3.8) is 0 Å². The Morgan fingerprint density at radius 1 is 1.25 bits per heavy atom. The maximum Gasteiger partial charge on any atom is 0.416 e. The van der Waals surface area contributed by atoms with Gasteiger partial charge in [-0.25, -0.2) is 4.39 Å². The van der Waals surface area contributed by atoms with Crippen LogP contribution in [0.4, 0.5) is 17.6 Å². The van der Waals surface area contributed by atoms with Gasteiger partial charge in [0.25, 0.3) is 5.91 Å². The van der Waals surface area contributed by atoms with Gasteiger partial charge in [-0.1, -0.05) is 0 Å². The lowest BCUT2D eigenvalue weighted by molar-refractivity contribution is -0.137. The lowest BCUT2D eigenvalue weighted by Crippen LogP contribution is -2.40. The average Bonchev–Trinajstić information content (AvgIpc) is 2.53. The molecule has 0 atom stereocenters. The molecule has 3 N–H and O–H groups in total. The molecule has 0 spiro atoms. The quantitative estimate of drug-likeness (QED) is 0.803. The SMILES string of the molecule is NCCN1CCC(CNC(=O)c2cc(F)cc(C(F)(F)F)c2)CC1. The molecule has 134 valence electrons. The fourth-order valence-electron chi connectivity index (χ4n) is 2.82. The van der Waals surface area contributed by atoms with Crippen molar-refractivity contribution < 1.29 is 22.4 Å². The van der Waals surface area contributed by atoms with Gasteiger partial charge in [0.15, 0.2) is 0 Å². The van der Waals surface area contributed by atoms with Crippen LogP contribution in [-0.4, -0.2) is 43.5 Å². The second kappa shape index (κ2) is 7.94. The lowest BCUT2D eigenvalue weighted by atomic mass is 9.96. The third-order valence-corrected chi connectivity index (χ3v) is 4.19. The van der Waals surface area contributed by atoms with Gasteiger partial charge in [0.1, 0.15) is 5.82 Å². The Morgan fingerprint density at radius 3 is 2.50 bits per heavy atom. The van der Waals surface area contributed by atoms with Crippen molar-refractivity contribution in [3.05, 3.63) is 35.1 Å². The number of nitrogens with one attached hydrogen (secondary N) is 1. The van der Waals surface area contributed by atoms with E-state index in [2.05, 4.69) is 10.2 Å². The van der Waals surface area contributed by atoms with Gasteiger partial charge in [0.2, 0.25) is 0 Å². The Morgan fingerprint density at radius 2 is 1.92 bits per heavy atom. The zero-order valence-electron chi connectivity index (χ0n) is 13.2. The molecular formula is C16H21F4N3O. The van der Waals surface area contributed by atoms with Gasteiger partial charge in [-0.05, 0) is 50.0 Å². The molecule has 1 saturated heterocycles. The second-order valence-corrected chi connectivity index (χ2v) is 6.01. The topological polar surface area (TPSA) is 58.4 Å². The summed E-state index contributed by atoms with van der Waals surface area (Å²) < 4.78 is 51.4. The summed E-state index contributed by atoms with van der Waals surface area (Å²) in [5.74, 6) is -1.51. The zero-order chi connectivity index (χ0) is 17.7. The van der Waals surface area contributed by atoms with E-state index in [4.69, 9.17) is 5.73 Å². The molecular weight excluding hydrogens is 326 g/mol. The highest BCUT2D eigenvalue weighted by molar-refractivity contribution is 5.94. The molecule has 1 aromatic rings. The first kappa shape index (κ1) is 18.7. The molecule has 0 radical (unpaired) electrons. The number of piperidine rings is 1. The molecule has 0 unspecified atom stereocenters. The van der Waals surface area contributed by atoms with Crippen molar-refractivity contribution in [1.82, 2.24) is 10.2 Å². The number of nitrogens with two attached hydrogens (primary N) is 1. The van der Waals surface area contributed by atoms with E-state index in [0.717, 1.165) is 38.5 Å². The van der Waals surface area contributed by atoms with E-state index in [1.54, 1.807) is 0 Å². The minimum atomic E-state index is -4.69. The summed E-state index contributed by atoms with van der Waals surface area (Å²) in [6.45, 7) is 3.57. The molecule has 1 amide bonds. The Kier molecular flexibility index (Phi) is 6.17. The number of carbonyl (C=O) groups is 1. The minimum absolute atomic E-state index is 0.263. The van der Waals surface area contributed by atoms with Gasteiger partial charge in [-0.15, -0.1) is 0 Å². The number of likely N-dealkylation sites (tertiary alicyclic amines) is 1. The maximum absolute atomic E-state index is 13.3. The van der Waals surface area contributed by atoms with Gasteiger partial charge in [0.05, 0.1) is 5.56 Å². The molecule has 8 heteroatoms. The van der Waals surface area contributed by atoms with E-state index in [1.165, 1.54) is 0 Å². The summed E-state index contributed by atoms with van der Waals surface area (Å²) >= 11 is 0. The van der Waals surface area contributed by atoms with Gasteiger partial charge >= 0.3 is 6.18 Å². The Hall–Kier alpha value is -1.67. The maximum atomic E-state index is 13.3. The van der Waals surface area contributed by atoms with Crippen molar-refractivity contribution in [2.24, 2.45) is 11.7 Å². The largest absolute Gasteiger partial charge is 0.416 e. The molecule has 1 fully saturated rings. The molecule has 1 aromatic carbocycles. The van der Waals surface area contributed by atoms with E-state index in [0.29, 0.717) is 25.2 Å². The van der Waals surface area contributed by atoms with Crippen LogP contribution in [0.15, 0.2) is 18.2 Å². The summed E-state index contributed by atoms with van der Waals surface area (Å²) in [6, 6.07) is 1.86. The highest BCUT2D eigenvalue weighted by Gasteiger charge is 2.32. The van der Waals surface area contributed by atoms with Crippen LogP contribution in [0.3, 0.4) is 0 Å². The first-order chi connectivity index (χ1) is 11.3. The number of nitrogens with zero attached hydrogens (tertiary/aromatic N) is 1. The molecule has 1 aliphatic rings. The Labute approximate surface area is 138 Å². The molecule has 1 aliphatic heterocycles. The van der Waals surface area contributed by atoms with Crippen LogP contribution in [0.5, 0.6) is 0 Å². The molecule has 0 aliphatic carbocycles. The fraction of sp³-hybridized carbons (Fsp3) is 0.562. The number of halogens is 4. The number of benzene rings is 1. The molecule has 24 heavy (non-hydrogen) atoms. The number of carbonyl (C=O) groups excluding carboxylic acids is 1. The number of alkyl halides is 3. The van der Waals surface area contributed by atoms with Crippen molar-refractivity contribution in [3.8, 4) is 0 Å². The summed E-state index contributed by atoms with van der Waals surface area (Å²) in [7, 11) is 0. The Bertz CT molecular complexity index is 569. The van der Waals surface area contributed by atoms with Crippen LogP contribution in [0.2, 0.25) is 0 Å². The molecule has 4 nitrogen and oxygen atoms in total. The number of amides is 1. The normalized spacial score (nSPS) is 17.0. The van der Waals surface area contributed by atoms with Gasteiger partial charge in [-0.2, -0.15) is 13.2 Å². The van der Waals surface area contributed by atoms with E-state index in [1.807, 2.05) is 0 Å². The predicted molar refractivity (Wildman–Crippen MR) is 82.0 cm³/mol. The highest BCUT2D eigenvalue weighted by atomic mass is 19.4. The molecule has 0 bridgehead atoms. The molecule has 0 aromatic heterocycles. The van der Waals surface area contributed by atoms with Gasteiger partial charge in [0, 0.05) is 25.2 Å².